The Labute approximate surface area is 181 Å². The Bertz CT molecular complexity index is 1160. The van der Waals surface area contributed by atoms with Gasteiger partial charge in [-0.05, 0) is 62.5 Å². The summed E-state index contributed by atoms with van der Waals surface area (Å²) in [5.41, 5.74) is 8.32. The lowest BCUT2D eigenvalue weighted by atomic mass is 10.0. The van der Waals surface area contributed by atoms with Gasteiger partial charge in [-0.1, -0.05) is 42.5 Å². The van der Waals surface area contributed by atoms with Crippen LogP contribution in [0.15, 0.2) is 64.5 Å². The van der Waals surface area contributed by atoms with Gasteiger partial charge >= 0.3 is 0 Å². The van der Waals surface area contributed by atoms with Crippen LogP contribution in [0, 0.1) is 6.92 Å². The molecule has 0 atom stereocenters. The quantitative estimate of drug-likeness (QED) is 0.384. The van der Waals surface area contributed by atoms with Gasteiger partial charge in [0.25, 0.3) is 5.56 Å². The van der Waals surface area contributed by atoms with Crippen LogP contribution in [-0.2, 0) is 13.5 Å². The summed E-state index contributed by atoms with van der Waals surface area (Å²) in [6, 6.07) is 17.9. The van der Waals surface area contributed by atoms with E-state index in [2.05, 4.69) is 34.0 Å². The minimum absolute atomic E-state index is 0.155. The van der Waals surface area contributed by atoms with E-state index in [-0.39, 0.29) is 5.56 Å². The highest BCUT2D eigenvalue weighted by atomic mass is 32.1. The third kappa shape index (κ3) is 3.93. The fourth-order valence-corrected chi connectivity index (χ4v) is 4.00. The molecule has 3 aromatic rings. The predicted molar refractivity (Wildman–Crippen MR) is 126 cm³/mol. The van der Waals surface area contributed by atoms with E-state index in [9.17, 15) is 4.79 Å². The zero-order chi connectivity index (χ0) is 21.1. The second kappa shape index (κ2) is 8.67. The Morgan fingerprint density at radius 1 is 1.03 bits per heavy atom. The molecule has 0 saturated carbocycles. The normalized spacial score (nSPS) is 14.8. The molecule has 1 heterocycles. The molecule has 0 amide bonds. The van der Waals surface area contributed by atoms with Gasteiger partial charge in [0.05, 0.1) is 17.1 Å². The molecule has 0 unspecified atom stereocenters. The number of aromatic nitrogens is 2. The van der Waals surface area contributed by atoms with E-state index < -0.39 is 0 Å². The van der Waals surface area contributed by atoms with Gasteiger partial charge in [0, 0.05) is 12.6 Å². The molecule has 154 valence electrons. The van der Waals surface area contributed by atoms with Gasteiger partial charge in [-0.2, -0.15) is 5.10 Å². The van der Waals surface area contributed by atoms with Gasteiger partial charge in [0.15, 0.2) is 5.11 Å². The van der Waals surface area contributed by atoms with Crippen molar-refractivity contribution in [1.82, 2.24) is 14.8 Å². The van der Waals surface area contributed by atoms with Crippen LogP contribution in [-0.4, -0.2) is 20.2 Å². The van der Waals surface area contributed by atoms with Gasteiger partial charge in [0.1, 0.15) is 5.69 Å². The van der Waals surface area contributed by atoms with Crippen molar-refractivity contribution in [2.45, 2.75) is 32.6 Å². The average Bonchev–Trinajstić information content (AvgIpc) is 2.91. The van der Waals surface area contributed by atoms with E-state index in [1.54, 1.807) is 4.68 Å². The Kier molecular flexibility index (Phi) is 5.81. The number of hydrazone groups is 1. The van der Waals surface area contributed by atoms with Crippen LogP contribution in [0.2, 0.25) is 0 Å². The van der Waals surface area contributed by atoms with Crippen LogP contribution in [0.5, 0.6) is 0 Å². The molecule has 0 spiro atoms. The van der Waals surface area contributed by atoms with Crippen molar-refractivity contribution in [3.05, 3.63) is 81.8 Å². The molecule has 0 bridgehead atoms. The molecule has 2 aromatic carbocycles. The summed E-state index contributed by atoms with van der Waals surface area (Å²) in [7, 11) is 1.86. The van der Waals surface area contributed by atoms with Gasteiger partial charge in [-0.25, -0.2) is 4.68 Å². The molecule has 4 rings (SSSR count). The van der Waals surface area contributed by atoms with E-state index in [0.717, 1.165) is 42.8 Å². The van der Waals surface area contributed by atoms with Crippen LogP contribution in [0.4, 0.5) is 5.69 Å². The number of aryl methyl sites for hydroxylation is 1. The van der Waals surface area contributed by atoms with Crippen molar-refractivity contribution >= 4 is 28.7 Å². The van der Waals surface area contributed by atoms with Crippen LogP contribution in [0.1, 0.15) is 36.1 Å². The van der Waals surface area contributed by atoms with Crippen LogP contribution in [0.25, 0.3) is 5.69 Å². The number of hydrogen-bond donors (Lipinski definition) is 2. The number of thiocarbonyl (C=S) groups is 1. The number of rotatable bonds is 3. The SMILES string of the molecule is Cc1c(NC(=S)N/N=C2\CCCCc3ccccc32)c(=O)n(-c2ccccc2)n1C. The van der Waals surface area contributed by atoms with Crippen molar-refractivity contribution in [2.75, 3.05) is 5.32 Å². The fraction of sp³-hybridized carbons (Fsp3) is 0.261. The maximum atomic E-state index is 13.0. The lowest BCUT2D eigenvalue weighted by Crippen LogP contribution is -2.29. The Hall–Kier alpha value is -3.19. The summed E-state index contributed by atoms with van der Waals surface area (Å²) in [4.78, 5) is 13.0. The molecular weight excluding hydrogens is 394 g/mol. The Balaban J connectivity index is 1.56. The first-order valence-corrected chi connectivity index (χ1v) is 10.5. The molecule has 1 aromatic heterocycles. The first-order chi connectivity index (χ1) is 14.6. The summed E-state index contributed by atoms with van der Waals surface area (Å²) >= 11 is 5.44. The lowest BCUT2D eigenvalue weighted by molar-refractivity contribution is 0.630. The second-order valence-electron chi connectivity index (χ2n) is 7.43. The third-order valence-corrected chi connectivity index (χ3v) is 5.72. The predicted octanol–water partition coefficient (Wildman–Crippen LogP) is 3.90. The number of anilines is 1. The van der Waals surface area contributed by atoms with Crippen molar-refractivity contribution in [3.63, 3.8) is 0 Å². The lowest BCUT2D eigenvalue weighted by Gasteiger charge is -2.10. The number of fused-ring (bicyclic) bond motifs is 1. The van der Waals surface area contributed by atoms with E-state index in [1.807, 2.05) is 55.1 Å². The first-order valence-electron chi connectivity index (χ1n) is 10.1. The summed E-state index contributed by atoms with van der Waals surface area (Å²) in [6.07, 6.45) is 4.22. The minimum Gasteiger partial charge on any atom is -0.325 e. The molecule has 6 nitrogen and oxygen atoms in total. The highest BCUT2D eigenvalue weighted by molar-refractivity contribution is 7.80. The Morgan fingerprint density at radius 2 is 1.73 bits per heavy atom. The molecular formula is C23H25N5OS. The number of nitrogens with zero attached hydrogens (tertiary/aromatic N) is 3. The number of benzene rings is 2. The smallest absolute Gasteiger partial charge is 0.295 e. The average molecular weight is 420 g/mol. The molecule has 0 aliphatic heterocycles. The fourth-order valence-electron chi connectivity index (χ4n) is 3.85. The molecule has 0 fully saturated rings. The van der Waals surface area contributed by atoms with E-state index >= 15 is 0 Å². The van der Waals surface area contributed by atoms with Crippen LogP contribution < -0.4 is 16.3 Å². The summed E-state index contributed by atoms with van der Waals surface area (Å²) in [6.45, 7) is 1.89. The largest absolute Gasteiger partial charge is 0.325 e. The first kappa shape index (κ1) is 20.1. The zero-order valence-corrected chi connectivity index (χ0v) is 18.0. The number of para-hydroxylation sites is 1. The van der Waals surface area contributed by atoms with Crippen LogP contribution in [0.3, 0.4) is 0 Å². The summed E-state index contributed by atoms with van der Waals surface area (Å²) < 4.78 is 3.43. The standard InChI is InChI=1S/C23H25N5OS/c1-16-21(22(29)28(27(16)2)18-12-4-3-5-13-18)24-23(30)26-25-20-15-9-7-11-17-10-6-8-14-19(17)20/h3-6,8,10,12-14H,7,9,11,15H2,1-2H3,(H2,24,26,30)/b25-20+. The van der Waals surface area contributed by atoms with E-state index in [1.165, 1.54) is 11.1 Å². The van der Waals surface area contributed by atoms with Gasteiger partial charge in [-0.3, -0.25) is 14.9 Å². The topological polar surface area (TPSA) is 63.4 Å². The molecule has 1 aliphatic rings. The minimum atomic E-state index is -0.155. The molecule has 7 heteroatoms. The number of nitrogens with one attached hydrogen (secondary N) is 2. The molecule has 30 heavy (non-hydrogen) atoms. The maximum Gasteiger partial charge on any atom is 0.295 e. The highest BCUT2D eigenvalue weighted by Crippen LogP contribution is 2.21. The van der Waals surface area contributed by atoms with Crippen LogP contribution >= 0.6 is 12.2 Å². The number of hydrogen-bond acceptors (Lipinski definition) is 3. The Morgan fingerprint density at radius 3 is 2.53 bits per heavy atom. The molecule has 0 saturated heterocycles. The zero-order valence-electron chi connectivity index (χ0n) is 17.2. The molecule has 0 radical (unpaired) electrons. The molecule has 1 aliphatic carbocycles. The van der Waals surface area contributed by atoms with Gasteiger partial charge in [-0.15, -0.1) is 0 Å². The van der Waals surface area contributed by atoms with E-state index in [0.29, 0.717) is 10.8 Å². The van der Waals surface area contributed by atoms with Crippen molar-refractivity contribution in [3.8, 4) is 5.69 Å². The maximum absolute atomic E-state index is 13.0. The third-order valence-electron chi connectivity index (χ3n) is 5.52. The van der Waals surface area contributed by atoms with Gasteiger partial charge in [0.2, 0.25) is 0 Å². The van der Waals surface area contributed by atoms with E-state index in [4.69, 9.17) is 12.2 Å². The van der Waals surface area contributed by atoms with Crippen molar-refractivity contribution in [2.24, 2.45) is 12.1 Å². The van der Waals surface area contributed by atoms with Crippen molar-refractivity contribution in [1.29, 1.82) is 0 Å². The summed E-state index contributed by atoms with van der Waals surface area (Å²) in [5.74, 6) is 0. The molecule has 2 N–H and O–H groups in total. The second-order valence-corrected chi connectivity index (χ2v) is 7.83. The monoisotopic (exact) mass is 419 g/mol. The van der Waals surface area contributed by atoms with Gasteiger partial charge < -0.3 is 5.32 Å². The highest BCUT2D eigenvalue weighted by Gasteiger charge is 2.17. The summed E-state index contributed by atoms with van der Waals surface area (Å²) in [5, 5.41) is 7.92. The van der Waals surface area contributed by atoms with Crippen molar-refractivity contribution < 1.29 is 0 Å².